The third-order valence-electron chi connectivity index (χ3n) is 5.20. The van der Waals surface area contributed by atoms with Crippen molar-refractivity contribution >= 4 is 0 Å². The molecule has 2 fully saturated rings. The molecule has 0 aliphatic heterocycles. The minimum Gasteiger partial charge on any atom is -0.312 e. The second-order valence-corrected chi connectivity index (χ2v) is 7.54. The van der Waals surface area contributed by atoms with Crippen molar-refractivity contribution in [2.45, 2.75) is 77.2 Å². The molecular weight excluding hydrogens is 234 g/mol. The highest BCUT2D eigenvalue weighted by molar-refractivity contribution is 5.03. The van der Waals surface area contributed by atoms with E-state index in [2.05, 4.69) is 35.5 Å². The van der Waals surface area contributed by atoms with Crippen LogP contribution in [0.3, 0.4) is 0 Å². The fourth-order valence-electron chi connectivity index (χ4n) is 4.15. The van der Waals surface area contributed by atoms with Crippen LogP contribution in [0.4, 0.5) is 0 Å². The second kappa shape index (κ2) is 4.92. The molecule has 0 saturated heterocycles. The number of nitrogens with zero attached hydrogens (tertiary/aromatic N) is 3. The van der Waals surface area contributed by atoms with Gasteiger partial charge in [0.2, 0.25) is 0 Å². The van der Waals surface area contributed by atoms with Crippen LogP contribution in [0, 0.1) is 11.8 Å². The molecule has 0 aromatic carbocycles. The van der Waals surface area contributed by atoms with Crippen LogP contribution >= 0.6 is 0 Å². The topological polar surface area (TPSA) is 30.7 Å². The van der Waals surface area contributed by atoms with Gasteiger partial charge in [-0.05, 0) is 51.9 Å². The first-order valence-electron chi connectivity index (χ1n) is 7.96. The molecule has 3 atom stereocenters. The van der Waals surface area contributed by atoms with Crippen LogP contribution < -0.4 is 0 Å². The minimum atomic E-state index is 0.0995. The van der Waals surface area contributed by atoms with Crippen molar-refractivity contribution in [2.75, 3.05) is 0 Å². The Morgan fingerprint density at radius 1 is 1.05 bits per heavy atom. The van der Waals surface area contributed by atoms with Gasteiger partial charge in [0.15, 0.2) is 0 Å². The standard InChI is InChI=1S/C16H27N3/c1-16(2,3)19-11-17-18-15(19)14-9-8-12-6-4-5-7-13(12)10-14/h11-14H,4-10H2,1-3H3. The van der Waals surface area contributed by atoms with Crippen LogP contribution in [0.1, 0.15) is 77.5 Å². The summed E-state index contributed by atoms with van der Waals surface area (Å²) in [5.74, 6) is 3.84. The molecule has 3 heteroatoms. The first kappa shape index (κ1) is 13.1. The van der Waals surface area contributed by atoms with Crippen molar-refractivity contribution in [3.05, 3.63) is 12.2 Å². The molecule has 2 aliphatic rings. The normalized spacial score (nSPS) is 32.1. The van der Waals surface area contributed by atoms with Gasteiger partial charge in [0.25, 0.3) is 0 Å². The predicted octanol–water partition coefficient (Wildman–Crippen LogP) is 4.11. The number of hydrogen-bond acceptors (Lipinski definition) is 2. The number of aromatic nitrogens is 3. The summed E-state index contributed by atoms with van der Waals surface area (Å²) in [5.41, 5.74) is 0.0995. The van der Waals surface area contributed by atoms with Crippen molar-refractivity contribution in [3.63, 3.8) is 0 Å². The van der Waals surface area contributed by atoms with Crippen LogP contribution in [0.15, 0.2) is 6.33 Å². The van der Waals surface area contributed by atoms with Crippen LogP contribution in [-0.4, -0.2) is 14.8 Å². The van der Waals surface area contributed by atoms with Gasteiger partial charge >= 0.3 is 0 Å². The molecule has 3 unspecified atom stereocenters. The highest BCUT2D eigenvalue weighted by Crippen LogP contribution is 2.45. The summed E-state index contributed by atoms with van der Waals surface area (Å²) in [5, 5.41) is 8.64. The molecular formula is C16H27N3. The van der Waals surface area contributed by atoms with E-state index in [4.69, 9.17) is 0 Å². The van der Waals surface area contributed by atoms with Gasteiger partial charge in [0, 0.05) is 11.5 Å². The Morgan fingerprint density at radius 3 is 2.53 bits per heavy atom. The summed E-state index contributed by atoms with van der Waals surface area (Å²) in [4.78, 5) is 0. The van der Waals surface area contributed by atoms with Gasteiger partial charge in [-0.15, -0.1) is 10.2 Å². The maximum absolute atomic E-state index is 4.46. The maximum Gasteiger partial charge on any atom is 0.136 e. The smallest absolute Gasteiger partial charge is 0.136 e. The monoisotopic (exact) mass is 261 g/mol. The van der Waals surface area contributed by atoms with Crippen molar-refractivity contribution in [3.8, 4) is 0 Å². The summed E-state index contributed by atoms with van der Waals surface area (Å²) in [6.45, 7) is 6.73. The first-order chi connectivity index (χ1) is 9.05. The molecule has 19 heavy (non-hydrogen) atoms. The first-order valence-corrected chi connectivity index (χ1v) is 7.96. The molecule has 0 amide bonds. The summed E-state index contributed by atoms with van der Waals surface area (Å²) in [6.07, 6.45) is 11.8. The molecule has 106 valence electrons. The highest BCUT2D eigenvalue weighted by Gasteiger charge is 2.35. The predicted molar refractivity (Wildman–Crippen MR) is 77.1 cm³/mol. The third-order valence-corrected chi connectivity index (χ3v) is 5.20. The van der Waals surface area contributed by atoms with Gasteiger partial charge in [0.1, 0.15) is 12.2 Å². The molecule has 1 heterocycles. The fraction of sp³-hybridized carbons (Fsp3) is 0.875. The number of hydrogen-bond donors (Lipinski definition) is 0. The second-order valence-electron chi connectivity index (χ2n) is 7.54. The Kier molecular flexibility index (Phi) is 3.40. The average Bonchev–Trinajstić information content (AvgIpc) is 2.87. The molecule has 3 rings (SSSR count). The van der Waals surface area contributed by atoms with Gasteiger partial charge in [-0.1, -0.05) is 25.7 Å². The van der Waals surface area contributed by atoms with Crippen LogP contribution in [0.5, 0.6) is 0 Å². The molecule has 0 radical (unpaired) electrons. The lowest BCUT2D eigenvalue weighted by Crippen LogP contribution is -2.30. The Hall–Kier alpha value is -0.860. The molecule has 1 aromatic rings. The van der Waals surface area contributed by atoms with E-state index in [0.717, 1.165) is 11.8 Å². The zero-order chi connectivity index (χ0) is 13.5. The fourth-order valence-corrected chi connectivity index (χ4v) is 4.15. The maximum atomic E-state index is 4.46. The lowest BCUT2D eigenvalue weighted by atomic mass is 9.67. The van der Waals surface area contributed by atoms with E-state index in [0.29, 0.717) is 5.92 Å². The largest absolute Gasteiger partial charge is 0.312 e. The Balaban J connectivity index is 1.78. The molecule has 0 spiro atoms. The van der Waals surface area contributed by atoms with E-state index < -0.39 is 0 Å². The van der Waals surface area contributed by atoms with Crippen LogP contribution in [0.2, 0.25) is 0 Å². The van der Waals surface area contributed by atoms with Gasteiger partial charge in [-0.2, -0.15) is 0 Å². The third kappa shape index (κ3) is 2.56. The average molecular weight is 261 g/mol. The van der Waals surface area contributed by atoms with Crippen LogP contribution in [-0.2, 0) is 5.54 Å². The summed E-state index contributed by atoms with van der Waals surface area (Å²) in [6, 6.07) is 0. The lowest BCUT2D eigenvalue weighted by molar-refractivity contribution is 0.149. The van der Waals surface area contributed by atoms with E-state index in [-0.39, 0.29) is 5.54 Å². The molecule has 0 N–H and O–H groups in total. The van der Waals surface area contributed by atoms with E-state index >= 15 is 0 Å². The van der Waals surface area contributed by atoms with E-state index in [1.54, 1.807) is 0 Å². The van der Waals surface area contributed by atoms with Crippen molar-refractivity contribution in [2.24, 2.45) is 11.8 Å². The van der Waals surface area contributed by atoms with E-state index in [1.807, 2.05) is 6.33 Å². The lowest BCUT2D eigenvalue weighted by Gasteiger charge is -2.39. The van der Waals surface area contributed by atoms with E-state index in [1.165, 1.54) is 50.8 Å². The zero-order valence-electron chi connectivity index (χ0n) is 12.6. The van der Waals surface area contributed by atoms with Crippen LogP contribution in [0.25, 0.3) is 0 Å². The Labute approximate surface area is 116 Å². The zero-order valence-corrected chi connectivity index (χ0v) is 12.6. The van der Waals surface area contributed by atoms with Gasteiger partial charge in [-0.25, -0.2) is 0 Å². The van der Waals surface area contributed by atoms with Gasteiger partial charge < -0.3 is 4.57 Å². The molecule has 2 saturated carbocycles. The van der Waals surface area contributed by atoms with E-state index in [9.17, 15) is 0 Å². The Morgan fingerprint density at radius 2 is 1.79 bits per heavy atom. The van der Waals surface area contributed by atoms with Crippen molar-refractivity contribution < 1.29 is 0 Å². The molecule has 0 bridgehead atoms. The molecule has 3 nitrogen and oxygen atoms in total. The highest BCUT2D eigenvalue weighted by atomic mass is 15.3. The van der Waals surface area contributed by atoms with Crippen molar-refractivity contribution in [1.82, 2.24) is 14.8 Å². The summed E-state index contributed by atoms with van der Waals surface area (Å²) < 4.78 is 2.29. The van der Waals surface area contributed by atoms with Gasteiger partial charge in [-0.3, -0.25) is 0 Å². The molecule has 1 aromatic heterocycles. The Bertz CT molecular complexity index is 429. The minimum absolute atomic E-state index is 0.0995. The SMILES string of the molecule is CC(C)(C)n1cnnc1C1CCC2CCCCC2C1. The quantitative estimate of drug-likeness (QED) is 0.761. The summed E-state index contributed by atoms with van der Waals surface area (Å²) >= 11 is 0. The number of fused-ring (bicyclic) bond motifs is 1. The van der Waals surface area contributed by atoms with Gasteiger partial charge in [0.05, 0.1) is 0 Å². The number of rotatable bonds is 1. The van der Waals surface area contributed by atoms with Crippen molar-refractivity contribution in [1.29, 1.82) is 0 Å². The summed E-state index contributed by atoms with van der Waals surface area (Å²) in [7, 11) is 0. The molecule has 2 aliphatic carbocycles.